The van der Waals surface area contributed by atoms with Gasteiger partial charge in [-0.25, -0.2) is 0 Å². The summed E-state index contributed by atoms with van der Waals surface area (Å²) in [6.45, 7) is 0.981. The molecule has 0 aliphatic carbocycles. The lowest BCUT2D eigenvalue weighted by atomic mass is 10.0. The van der Waals surface area contributed by atoms with Gasteiger partial charge in [0.1, 0.15) is 0 Å². The maximum absolute atomic E-state index is 13.1. The monoisotopic (exact) mass is 412 g/mol. The van der Waals surface area contributed by atoms with Crippen LogP contribution in [-0.2, 0) is 13.0 Å². The fourth-order valence-corrected chi connectivity index (χ4v) is 3.84. The first kappa shape index (κ1) is 18.8. The lowest BCUT2D eigenvalue weighted by molar-refractivity contribution is 0.0984. The van der Waals surface area contributed by atoms with E-state index in [0.717, 1.165) is 24.1 Å². The predicted octanol–water partition coefficient (Wildman–Crippen LogP) is 4.80. The second kappa shape index (κ2) is 7.82. The normalized spacial score (nSPS) is 13.3. The Kier molecular flexibility index (Phi) is 5.25. The molecular weight excluding hydrogens is 395 g/mol. The summed E-state index contributed by atoms with van der Waals surface area (Å²) in [4.78, 5) is 27.2. The van der Waals surface area contributed by atoms with Crippen molar-refractivity contribution in [2.45, 2.75) is 19.4 Å². The van der Waals surface area contributed by atoms with Gasteiger partial charge in [0.2, 0.25) is 0 Å². The molecule has 0 unspecified atom stereocenters. The molecule has 0 atom stereocenters. The Balaban J connectivity index is 1.64. The van der Waals surface area contributed by atoms with Crippen LogP contribution < -0.4 is 10.5 Å². The zero-order valence-electron chi connectivity index (χ0n) is 15.1. The van der Waals surface area contributed by atoms with Gasteiger partial charge in [-0.05, 0) is 48.2 Å². The molecular formula is C22H18Cl2N2O2. The Morgan fingerprint density at radius 2 is 1.82 bits per heavy atom. The van der Waals surface area contributed by atoms with Crippen LogP contribution in [0.4, 0.5) is 5.69 Å². The Bertz CT molecular complexity index is 1110. The Labute approximate surface area is 172 Å². The summed E-state index contributed by atoms with van der Waals surface area (Å²) in [6, 6.07) is 16.2. The molecule has 3 aromatic rings. The Morgan fingerprint density at radius 1 is 1.00 bits per heavy atom. The van der Waals surface area contributed by atoms with E-state index in [1.165, 1.54) is 16.2 Å². The maximum atomic E-state index is 13.1. The number of anilines is 1. The van der Waals surface area contributed by atoms with Gasteiger partial charge in [0.25, 0.3) is 11.5 Å². The van der Waals surface area contributed by atoms with Crippen LogP contribution in [0.3, 0.4) is 0 Å². The van der Waals surface area contributed by atoms with Crippen LogP contribution in [0.1, 0.15) is 27.9 Å². The van der Waals surface area contributed by atoms with Crippen molar-refractivity contribution in [3.8, 4) is 0 Å². The van der Waals surface area contributed by atoms with Crippen LogP contribution in [0.2, 0.25) is 10.0 Å². The van der Waals surface area contributed by atoms with Crippen LogP contribution in [0.25, 0.3) is 0 Å². The number of fused-ring (bicyclic) bond motifs is 1. The van der Waals surface area contributed by atoms with Crippen LogP contribution in [-0.4, -0.2) is 17.0 Å². The highest BCUT2D eigenvalue weighted by Crippen LogP contribution is 2.28. The van der Waals surface area contributed by atoms with E-state index in [2.05, 4.69) is 6.07 Å². The van der Waals surface area contributed by atoms with Crippen molar-refractivity contribution < 1.29 is 4.79 Å². The van der Waals surface area contributed by atoms with E-state index < -0.39 is 0 Å². The summed E-state index contributed by atoms with van der Waals surface area (Å²) >= 11 is 12.0. The number of aromatic nitrogens is 1. The molecule has 28 heavy (non-hydrogen) atoms. The van der Waals surface area contributed by atoms with E-state index in [1.807, 2.05) is 24.3 Å². The third-order valence-electron chi connectivity index (χ3n) is 4.92. The van der Waals surface area contributed by atoms with Crippen molar-refractivity contribution >= 4 is 34.8 Å². The van der Waals surface area contributed by atoms with Crippen molar-refractivity contribution in [3.05, 3.63) is 97.9 Å². The average molecular weight is 413 g/mol. The van der Waals surface area contributed by atoms with Gasteiger partial charge in [-0.2, -0.15) is 0 Å². The lowest BCUT2D eigenvalue weighted by Crippen LogP contribution is -2.36. The third kappa shape index (κ3) is 3.71. The molecule has 2 heterocycles. The highest BCUT2D eigenvalue weighted by atomic mass is 35.5. The number of pyridine rings is 1. The number of carbonyl (C=O) groups excluding carboxylic acids is 1. The second-order valence-electron chi connectivity index (χ2n) is 6.82. The van der Waals surface area contributed by atoms with Gasteiger partial charge >= 0.3 is 0 Å². The molecule has 1 amide bonds. The first-order valence-corrected chi connectivity index (χ1v) is 9.83. The van der Waals surface area contributed by atoms with Gasteiger partial charge in [0.15, 0.2) is 0 Å². The number of benzene rings is 2. The molecule has 4 nitrogen and oxygen atoms in total. The average Bonchev–Trinajstić information content (AvgIpc) is 2.71. The van der Waals surface area contributed by atoms with Crippen molar-refractivity contribution in [2.24, 2.45) is 0 Å². The van der Waals surface area contributed by atoms with Gasteiger partial charge in [-0.15, -0.1) is 0 Å². The van der Waals surface area contributed by atoms with Crippen LogP contribution >= 0.6 is 23.2 Å². The summed E-state index contributed by atoms with van der Waals surface area (Å²) in [7, 11) is 0. The second-order valence-corrected chi connectivity index (χ2v) is 7.64. The van der Waals surface area contributed by atoms with Crippen LogP contribution in [0.15, 0.2) is 65.6 Å². The first-order chi connectivity index (χ1) is 13.5. The van der Waals surface area contributed by atoms with Gasteiger partial charge in [0, 0.05) is 24.5 Å². The topological polar surface area (TPSA) is 42.3 Å². The number of hydrogen-bond acceptors (Lipinski definition) is 2. The number of nitrogens with zero attached hydrogens (tertiary/aromatic N) is 2. The van der Waals surface area contributed by atoms with E-state index >= 15 is 0 Å². The smallest absolute Gasteiger partial charge is 0.259 e. The molecule has 0 saturated carbocycles. The number of para-hydroxylation sites is 1. The van der Waals surface area contributed by atoms with E-state index in [4.69, 9.17) is 23.2 Å². The van der Waals surface area contributed by atoms with E-state index in [9.17, 15) is 9.59 Å². The van der Waals surface area contributed by atoms with Gasteiger partial charge in [-0.1, -0.05) is 47.5 Å². The standard InChI is InChI=1S/C22H18Cl2N2O2/c23-18-9-7-15(12-19(18)24)13-25-14-17(8-10-21(25)27)22(28)26-11-3-5-16-4-1-2-6-20(16)26/h1-2,4,6-10,12,14H,3,5,11,13H2. The summed E-state index contributed by atoms with van der Waals surface area (Å²) in [5.74, 6) is -0.102. The van der Waals surface area contributed by atoms with Crippen molar-refractivity contribution in [1.82, 2.24) is 4.57 Å². The fourth-order valence-electron chi connectivity index (χ4n) is 3.52. The van der Waals surface area contributed by atoms with Crippen LogP contribution in [0.5, 0.6) is 0 Å². The number of carbonyl (C=O) groups is 1. The number of halogens is 2. The number of aryl methyl sites for hydroxylation is 1. The molecule has 1 aliphatic rings. The molecule has 0 N–H and O–H groups in total. The number of hydrogen-bond donors (Lipinski definition) is 0. The minimum Gasteiger partial charge on any atom is -0.310 e. The van der Waals surface area contributed by atoms with Crippen molar-refractivity contribution in [3.63, 3.8) is 0 Å². The molecule has 4 rings (SSSR count). The molecule has 0 spiro atoms. The summed E-state index contributed by atoms with van der Waals surface area (Å²) < 4.78 is 1.52. The van der Waals surface area contributed by atoms with E-state index in [-0.39, 0.29) is 11.5 Å². The zero-order chi connectivity index (χ0) is 19.7. The van der Waals surface area contributed by atoms with Gasteiger partial charge < -0.3 is 9.47 Å². The molecule has 0 bridgehead atoms. The summed E-state index contributed by atoms with van der Waals surface area (Å²) in [5, 5.41) is 0.898. The third-order valence-corrected chi connectivity index (χ3v) is 5.66. The molecule has 0 radical (unpaired) electrons. The Morgan fingerprint density at radius 3 is 2.64 bits per heavy atom. The Hall–Kier alpha value is -2.56. The van der Waals surface area contributed by atoms with Crippen molar-refractivity contribution in [1.29, 1.82) is 0 Å². The minimum atomic E-state index is -0.179. The zero-order valence-corrected chi connectivity index (χ0v) is 16.6. The molecule has 0 saturated heterocycles. The first-order valence-electron chi connectivity index (χ1n) is 9.07. The minimum absolute atomic E-state index is 0.102. The predicted molar refractivity (Wildman–Crippen MR) is 113 cm³/mol. The van der Waals surface area contributed by atoms with E-state index in [1.54, 1.807) is 29.3 Å². The van der Waals surface area contributed by atoms with Gasteiger partial charge in [-0.3, -0.25) is 9.59 Å². The van der Waals surface area contributed by atoms with E-state index in [0.29, 0.717) is 28.7 Å². The maximum Gasteiger partial charge on any atom is 0.259 e. The molecule has 2 aromatic carbocycles. The SMILES string of the molecule is O=C(c1ccc(=O)n(Cc2ccc(Cl)c(Cl)c2)c1)N1CCCc2ccccc21. The molecule has 6 heteroatoms. The molecule has 1 aliphatic heterocycles. The highest BCUT2D eigenvalue weighted by molar-refractivity contribution is 6.42. The summed E-state index contributed by atoms with van der Waals surface area (Å²) in [5.41, 5.74) is 3.26. The van der Waals surface area contributed by atoms with Crippen molar-refractivity contribution in [2.75, 3.05) is 11.4 Å². The number of amides is 1. The number of rotatable bonds is 3. The molecule has 142 valence electrons. The van der Waals surface area contributed by atoms with Gasteiger partial charge in [0.05, 0.1) is 22.2 Å². The highest BCUT2D eigenvalue weighted by Gasteiger charge is 2.23. The lowest BCUT2D eigenvalue weighted by Gasteiger charge is -2.29. The quantitative estimate of drug-likeness (QED) is 0.619. The summed E-state index contributed by atoms with van der Waals surface area (Å²) in [6.07, 6.45) is 3.51. The molecule has 1 aromatic heterocycles. The fraction of sp³-hybridized carbons (Fsp3) is 0.182. The molecule has 0 fully saturated rings. The van der Waals surface area contributed by atoms with Crippen LogP contribution in [0, 0.1) is 0 Å². The largest absolute Gasteiger partial charge is 0.310 e.